The average Bonchev–Trinajstić information content (AvgIpc) is 2.47. The van der Waals surface area contributed by atoms with Crippen LogP contribution in [0.2, 0.25) is 0 Å². The van der Waals surface area contributed by atoms with E-state index in [0.717, 1.165) is 0 Å². The molecule has 0 heterocycles. The van der Waals surface area contributed by atoms with Crippen molar-refractivity contribution in [2.24, 2.45) is 0 Å². The van der Waals surface area contributed by atoms with Crippen LogP contribution in [-0.4, -0.2) is 20.6 Å². The fraction of sp³-hybridized carbons (Fsp3) is 0.333. The number of rotatable bonds is 6. The van der Waals surface area contributed by atoms with Crippen LogP contribution in [0, 0.1) is 0 Å². The number of hydrogen-bond acceptors (Lipinski definition) is 4. The molecular formula is C18H22O4S. The van der Waals surface area contributed by atoms with Crippen LogP contribution in [0.25, 0.3) is 0 Å². The molecule has 0 atom stereocenters. The molecule has 0 saturated heterocycles. The second kappa shape index (κ2) is 7.04. The minimum atomic E-state index is -3.64. The monoisotopic (exact) mass is 334 g/mol. The van der Waals surface area contributed by atoms with Crippen molar-refractivity contribution in [2.75, 3.05) is 0 Å². The van der Waals surface area contributed by atoms with Crippen molar-refractivity contribution in [3.8, 4) is 11.5 Å². The van der Waals surface area contributed by atoms with Crippen molar-refractivity contribution >= 4 is 9.84 Å². The van der Waals surface area contributed by atoms with E-state index in [-0.39, 0.29) is 22.0 Å². The third-order valence-corrected chi connectivity index (χ3v) is 4.82. The van der Waals surface area contributed by atoms with E-state index in [0.29, 0.717) is 11.5 Å². The Labute approximate surface area is 138 Å². The van der Waals surface area contributed by atoms with Crippen LogP contribution in [0.15, 0.2) is 58.3 Å². The molecule has 2 aromatic rings. The quantitative estimate of drug-likeness (QED) is 0.798. The molecule has 2 aromatic carbocycles. The van der Waals surface area contributed by atoms with E-state index in [1.54, 1.807) is 48.5 Å². The Morgan fingerprint density at radius 3 is 1.91 bits per heavy atom. The summed E-state index contributed by atoms with van der Waals surface area (Å²) in [5.41, 5.74) is 0. The van der Waals surface area contributed by atoms with Gasteiger partial charge >= 0.3 is 0 Å². The van der Waals surface area contributed by atoms with Gasteiger partial charge in [-0.05, 0) is 64.1 Å². The van der Waals surface area contributed by atoms with Crippen LogP contribution < -0.4 is 9.47 Å². The van der Waals surface area contributed by atoms with Crippen molar-refractivity contribution < 1.29 is 17.9 Å². The molecule has 0 bridgehead atoms. The SMILES string of the molecule is CC(C)Oc1ccc(S(=O)(=O)c2ccccc2OC(C)C)cc1. The third-order valence-electron chi connectivity index (χ3n) is 3.01. The third kappa shape index (κ3) is 4.26. The molecule has 0 amide bonds. The second-order valence-corrected chi connectivity index (χ2v) is 7.67. The van der Waals surface area contributed by atoms with Gasteiger partial charge in [-0.3, -0.25) is 0 Å². The predicted molar refractivity (Wildman–Crippen MR) is 89.9 cm³/mol. The first-order valence-electron chi connectivity index (χ1n) is 7.58. The highest BCUT2D eigenvalue weighted by atomic mass is 32.2. The van der Waals surface area contributed by atoms with Gasteiger partial charge in [0.15, 0.2) is 0 Å². The molecule has 0 saturated carbocycles. The lowest BCUT2D eigenvalue weighted by atomic mass is 10.3. The van der Waals surface area contributed by atoms with Crippen molar-refractivity contribution in [1.29, 1.82) is 0 Å². The molecule has 0 aliphatic heterocycles. The van der Waals surface area contributed by atoms with Gasteiger partial charge in [-0.1, -0.05) is 12.1 Å². The Kier molecular flexibility index (Phi) is 5.31. The maximum absolute atomic E-state index is 12.8. The normalized spacial score (nSPS) is 11.7. The fourth-order valence-corrected chi connectivity index (χ4v) is 3.51. The fourth-order valence-electron chi connectivity index (χ4n) is 2.12. The molecule has 0 unspecified atom stereocenters. The summed E-state index contributed by atoms with van der Waals surface area (Å²) in [5, 5.41) is 0. The van der Waals surface area contributed by atoms with Gasteiger partial charge in [0.25, 0.3) is 0 Å². The number of para-hydroxylation sites is 1. The van der Waals surface area contributed by atoms with E-state index < -0.39 is 9.84 Å². The van der Waals surface area contributed by atoms with Gasteiger partial charge in [0, 0.05) is 0 Å². The number of sulfone groups is 1. The Hall–Kier alpha value is -2.01. The highest BCUT2D eigenvalue weighted by molar-refractivity contribution is 7.91. The highest BCUT2D eigenvalue weighted by Crippen LogP contribution is 2.30. The average molecular weight is 334 g/mol. The molecule has 0 aromatic heterocycles. The molecule has 4 nitrogen and oxygen atoms in total. The van der Waals surface area contributed by atoms with E-state index >= 15 is 0 Å². The first kappa shape index (κ1) is 17.3. The largest absolute Gasteiger partial charge is 0.491 e. The van der Waals surface area contributed by atoms with Crippen LogP contribution in [-0.2, 0) is 9.84 Å². The first-order chi connectivity index (χ1) is 10.8. The maximum atomic E-state index is 12.8. The molecular weight excluding hydrogens is 312 g/mol. The molecule has 124 valence electrons. The molecule has 0 radical (unpaired) electrons. The molecule has 0 spiro atoms. The Morgan fingerprint density at radius 1 is 0.783 bits per heavy atom. The Morgan fingerprint density at radius 2 is 1.35 bits per heavy atom. The van der Waals surface area contributed by atoms with E-state index in [1.165, 1.54) is 0 Å². The smallest absolute Gasteiger partial charge is 0.210 e. The summed E-state index contributed by atoms with van der Waals surface area (Å²) in [4.78, 5) is 0.389. The number of ether oxygens (including phenoxy) is 2. The summed E-state index contributed by atoms with van der Waals surface area (Å²) in [6.45, 7) is 7.57. The second-order valence-electron chi connectivity index (χ2n) is 5.75. The van der Waals surface area contributed by atoms with Gasteiger partial charge in [-0.2, -0.15) is 0 Å². The summed E-state index contributed by atoms with van der Waals surface area (Å²) in [5.74, 6) is 1.01. The Balaban J connectivity index is 2.39. The summed E-state index contributed by atoms with van der Waals surface area (Å²) in [6, 6.07) is 13.1. The molecule has 0 N–H and O–H groups in total. The lowest BCUT2D eigenvalue weighted by molar-refractivity contribution is 0.236. The summed E-state index contributed by atoms with van der Waals surface area (Å²) in [6.07, 6.45) is -0.0641. The molecule has 2 rings (SSSR count). The van der Waals surface area contributed by atoms with E-state index in [2.05, 4.69) is 0 Å². The minimum absolute atomic E-state index is 0.0395. The van der Waals surface area contributed by atoms with Crippen molar-refractivity contribution in [1.82, 2.24) is 0 Å². The van der Waals surface area contributed by atoms with Gasteiger partial charge in [0.2, 0.25) is 9.84 Å². The predicted octanol–water partition coefficient (Wildman–Crippen LogP) is 4.09. The van der Waals surface area contributed by atoms with E-state index in [9.17, 15) is 8.42 Å². The minimum Gasteiger partial charge on any atom is -0.491 e. The zero-order chi connectivity index (χ0) is 17.0. The van der Waals surface area contributed by atoms with Crippen LogP contribution in [0.5, 0.6) is 11.5 Å². The number of benzene rings is 2. The lowest BCUT2D eigenvalue weighted by Crippen LogP contribution is -2.10. The van der Waals surface area contributed by atoms with Gasteiger partial charge < -0.3 is 9.47 Å². The summed E-state index contributed by atoms with van der Waals surface area (Å²) < 4.78 is 36.9. The summed E-state index contributed by atoms with van der Waals surface area (Å²) >= 11 is 0. The topological polar surface area (TPSA) is 52.6 Å². The molecule has 0 fully saturated rings. The van der Waals surface area contributed by atoms with Crippen molar-refractivity contribution in [2.45, 2.75) is 49.7 Å². The van der Waals surface area contributed by atoms with Crippen LogP contribution in [0.1, 0.15) is 27.7 Å². The van der Waals surface area contributed by atoms with Gasteiger partial charge in [-0.25, -0.2) is 8.42 Å². The summed E-state index contributed by atoms with van der Waals surface area (Å²) in [7, 11) is -3.64. The Bertz CT molecular complexity index is 747. The maximum Gasteiger partial charge on any atom is 0.210 e. The van der Waals surface area contributed by atoms with Gasteiger partial charge in [0.05, 0.1) is 17.1 Å². The van der Waals surface area contributed by atoms with Crippen LogP contribution >= 0.6 is 0 Å². The molecule has 0 aliphatic rings. The number of hydrogen-bond donors (Lipinski definition) is 0. The van der Waals surface area contributed by atoms with Crippen molar-refractivity contribution in [3.63, 3.8) is 0 Å². The molecule has 0 aliphatic carbocycles. The molecule has 5 heteroatoms. The van der Waals surface area contributed by atoms with E-state index in [1.807, 2.05) is 27.7 Å². The zero-order valence-corrected chi connectivity index (χ0v) is 14.6. The van der Waals surface area contributed by atoms with Crippen LogP contribution in [0.3, 0.4) is 0 Å². The zero-order valence-electron chi connectivity index (χ0n) is 13.8. The standard InChI is InChI=1S/C18H22O4S/c1-13(2)21-15-9-11-16(12-10-15)23(19,20)18-8-6-5-7-17(18)22-14(3)4/h5-14H,1-4H3. The van der Waals surface area contributed by atoms with Gasteiger partial charge in [-0.15, -0.1) is 0 Å². The van der Waals surface area contributed by atoms with Gasteiger partial charge in [0.1, 0.15) is 16.4 Å². The first-order valence-corrected chi connectivity index (χ1v) is 9.06. The lowest BCUT2D eigenvalue weighted by Gasteiger charge is -2.15. The highest BCUT2D eigenvalue weighted by Gasteiger charge is 2.22. The molecule has 23 heavy (non-hydrogen) atoms. The van der Waals surface area contributed by atoms with Crippen LogP contribution in [0.4, 0.5) is 0 Å². The van der Waals surface area contributed by atoms with E-state index in [4.69, 9.17) is 9.47 Å². The van der Waals surface area contributed by atoms with Crippen molar-refractivity contribution in [3.05, 3.63) is 48.5 Å².